The number of unbranched alkanes of at least 4 members (excludes halogenated alkanes) is 1. The Labute approximate surface area is 128 Å². The molecule has 2 nitrogen and oxygen atoms in total. The molecular weight excluding hydrogens is 282 g/mol. The van der Waals surface area contributed by atoms with Gasteiger partial charge in [0, 0.05) is 22.8 Å². The van der Waals surface area contributed by atoms with Crippen molar-refractivity contribution in [2.45, 2.75) is 25.7 Å². The molecule has 0 aliphatic heterocycles. The number of benzene rings is 2. The van der Waals surface area contributed by atoms with E-state index in [4.69, 9.17) is 5.73 Å². The molecule has 0 radical (unpaired) electrons. The van der Waals surface area contributed by atoms with Gasteiger partial charge in [0.1, 0.15) is 11.6 Å². The average molecular weight is 300 g/mol. The number of hydrogen-bond acceptors (Lipinski definition) is 1. The quantitative estimate of drug-likeness (QED) is 0.525. The Kier molecular flexibility index (Phi) is 4.09. The molecule has 3 N–H and O–H groups in total. The summed E-state index contributed by atoms with van der Waals surface area (Å²) in [7, 11) is 0. The lowest BCUT2D eigenvalue weighted by Crippen LogP contribution is -1.96. The van der Waals surface area contributed by atoms with E-state index in [9.17, 15) is 8.78 Å². The molecule has 0 spiro atoms. The zero-order chi connectivity index (χ0) is 15.5. The molecule has 1 aromatic heterocycles. The topological polar surface area (TPSA) is 41.8 Å². The number of anilines is 1. The van der Waals surface area contributed by atoms with Gasteiger partial charge in [0.15, 0.2) is 0 Å². The number of aryl methyl sites for hydroxylation is 2. The highest BCUT2D eigenvalue weighted by Crippen LogP contribution is 2.22. The van der Waals surface area contributed by atoms with E-state index in [1.807, 2.05) is 6.20 Å². The van der Waals surface area contributed by atoms with Gasteiger partial charge in [-0.05, 0) is 67.1 Å². The lowest BCUT2D eigenvalue weighted by atomic mass is 10.0. The van der Waals surface area contributed by atoms with E-state index in [0.717, 1.165) is 47.7 Å². The number of nitrogens with one attached hydrogen (secondary N) is 1. The first-order valence-electron chi connectivity index (χ1n) is 7.43. The van der Waals surface area contributed by atoms with E-state index in [2.05, 4.69) is 4.98 Å². The molecule has 0 saturated carbocycles. The first-order valence-corrected chi connectivity index (χ1v) is 7.43. The fraction of sp³-hybridized carbons (Fsp3) is 0.222. The van der Waals surface area contributed by atoms with Crippen LogP contribution in [0.5, 0.6) is 0 Å². The SMILES string of the molecule is Nc1cc(F)ccc1CCCCc1c[nH]c2ccc(F)cc12. The van der Waals surface area contributed by atoms with Crippen LogP contribution in [-0.2, 0) is 12.8 Å². The molecule has 0 aliphatic rings. The van der Waals surface area contributed by atoms with Crippen molar-refractivity contribution in [1.82, 2.24) is 4.98 Å². The summed E-state index contributed by atoms with van der Waals surface area (Å²) in [5, 5.41) is 0.946. The van der Waals surface area contributed by atoms with E-state index in [1.165, 1.54) is 18.2 Å². The van der Waals surface area contributed by atoms with Gasteiger partial charge < -0.3 is 10.7 Å². The van der Waals surface area contributed by atoms with Crippen LogP contribution in [0.15, 0.2) is 42.6 Å². The summed E-state index contributed by atoms with van der Waals surface area (Å²) in [4.78, 5) is 3.16. The normalized spacial score (nSPS) is 11.2. The van der Waals surface area contributed by atoms with Gasteiger partial charge in [-0.3, -0.25) is 0 Å². The van der Waals surface area contributed by atoms with Crippen LogP contribution in [0.3, 0.4) is 0 Å². The maximum atomic E-state index is 13.3. The highest BCUT2D eigenvalue weighted by atomic mass is 19.1. The number of aromatic amines is 1. The second kappa shape index (κ2) is 6.18. The molecule has 0 unspecified atom stereocenters. The summed E-state index contributed by atoms with van der Waals surface area (Å²) in [5.41, 5.74) is 9.37. The Balaban J connectivity index is 1.59. The maximum absolute atomic E-state index is 13.3. The molecule has 1 heterocycles. The highest BCUT2D eigenvalue weighted by molar-refractivity contribution is 5.83. The van der Waals surface area contributed by atoms with Gasteiger partial charge in [-0.15, -0.1) is 0 Å². The van der Waals surface area contributed by atoms with Gasteiger partial charge >= 0.3 is 0 Å². The summed E-state index contributed by atoms with van der Waals surface area (Å²) >= 11 is 0. The monoisotopic (exact) mass is 300 g/mol. The standard InChI is InChI=1S/C18H18F2N2/c19-14-7-8-18-16(9-14)13(11-22-18)4-2-1-3-12-5-6-15(20)10-17(12)21/h5-11,22H,1-4,21H2. The van der Waals surface area contributed by atoms with Crippen molar-refractivity contribution < 1.29 is 8.78 Å². The molecule has 3 aromatic rings. The molecule has 4 heteroatoms. The van der Waals surface area contributed by atoms with Crippen molar-refractivity contribution in [3.63, 3.8) is 0 Å². The van der Waals surface area contributed by atoms with E-state index in [1.54, 1.807) is 18.2 Å². The number of nitrogens with two attached hydrogens (primary N) is 1. The molecule has 0 bridgehead atoms. The van der Waals surface area contributed by atoms with E-state index in [0.29, 0.717) is 5.69 Å². The van der Waals surface area contributed by atoms with Gasteiger partial charge in [0.25, 0.3) is 0 Å². The highest BCUT2D eigenvalue weighted by Gasteiger charge is 2.06. The molecule has 0 amide bonds. The second-order valence-electron chi connectivity index (χ2n) is 5.55. The van der Waals surface area contributed by atoms with Crippen molar-refractivity contribution in [3.05, 3.63) is 65.4 Å². The van der Waals surface area contributed by atoms with Crippen LogP contribution in [0.1, 0.15) is 24.0 Å². The molecule has 0 aliphatic carbocycles. The third-order valence-electron chi connectivity index (χ3n) is 3.98. The van der Waals surface area contributed by atoms with E-state index in [-0.39, 0.29) is 11.6 Å². The lowest BCUT2D eigenvalue weighted by molar-refractivity contribution is 0.627. The summed E-state index contributed by atoms with van der Waals surface area (Å²) in [6.07, 6.45) is 5.57. The minimum Gasteiger partial charge on any atom is -0.398 e. The maximum Gasteiger partial charge on any atom is 0.125 e. The van der Waals surface area contributed by atoms with Crippen molar-refractivity contribution in [3.8, 4) is 0 Å². The number of hydrogen-bond donors (Lipinski definition) is 2. The van der Waals surface area contributed by atoms with Crippen LogP contribution >= 0.6 is 0 Å². The fourth-order valence-electron chi connectivity index (χ4n) is 2.78. The largest absolute Gasteiger partial charge is 0.398 e. The Bertz CT molecular complexity index is 793. The van der Waals surface area contributed by atoms with Crippen LogP contribution in [0.4, 0.5) is 14.5 Å². The number of nitrogen functional groups attached to an aromatic ring is 1. The minimum absolute atomic E-state index is 0.215. The van der Waals surface area contributed by atoms with Gasteiger partial charge in [0.05, 0.1) is 0 Å². The van der Waals surface area contributed by atoms with Crippen LogP contribution in [-0.4, -0.2) is 4.98 Å². The Hall–Kier alpha value is -2.36. The van der Waals surface area contributed by atoms with Crippen LogP contribution in [0.25, 0.3) is 10.9 Å². The van der Waals surface area contributed by atoms with Crippen LogP contribution in [0.2, 0.25) is 0 Å². The molecule has 22 heavy (non-hydrogen) atoms. The summed E-state index contributed by atoms with van der Waals surface area (Å²) in [6.45, 7) is 0. The first-order chi connectivity index (χ1) is 10.6. The van der Waals surface area contributed by atoms with E-state index < -0.39 is 0 Å². The number of rotatable bonds is 5. The molecule has 0 atom stereocenters. The predicted molar refractivity (Wildman–Crippen MR) is 85.7 cm³/mol. The first kappa shape index (κ1) is 14.6. The van der Waals surface area contributed by atoms with Crippen molar-refractivity contribution in [2.24, 2.45) is 0 Å². The summed E-state index contributed by atoms with van der Waals surface area (Å²) in [6, 6.07) is 9.32. The predicted octanol–water partition coefficient (Wildman–Crippen LogP) is 4.59. The van der Waals surface area contributed by atoms with Crippen molar-refractivity contribution in [1.29, 1.82) is 0 Å². The molecule has 3 rings (SSSR count). The zero-order valence-electron chi connectivity index (χ0n) is 12.2. The molecule has 2 aromatic carbocycles. The Morgan fingerprint density at radius 3 is 2.32 bits per heavy atom. The van der Waals surface area contributed by atoms with Gasteiger partial charge in [0.2, 0.25) is 0 Å². The third kappa shape index (κ3) is 3.11. The average Bonchev–Trinajstić information content (AvgIpc) is 2.88. The van der Waals surface area contributed by atoms with Crippen LogP contribution < -0.4 is 5.73 Å². The Morgan fingerprint density at radius 1 is 0.864 bits per heavy atom. The summed E-state index contributed by atoms with van der Waals surface area (Å²) in [5.74, 6) is -0.519. The number of H-pyrrole nitrogens is 1. The third-order valence-corrected chi connectivity index (χ3v) is 3.98. The van der Waals surface area contributed by atoms with Gasteiger partial charge in [-0.1, -0.05) is 6.07 Å². The smallest absolute Gasteiger partial charge is 0.125 e. The molecule has 0 saturated heterocycles. The number of fused-ring (bicyclic) bond motifs is 1. The molecular formula is C18H18F2N2. The minimum atomic E-state index is -0.304. The van der Waals surface area contributed by atoms with Crippen molar-refractivity contribution in [2.75, 3.05) is 5.73 Å². The van der Waals surface area contributed by atoms with Gasteiger partial charge in [-0.2, -0.15) is 0 Å². The summed E-state index contributed by atoms with van der Waals surface area (Å²) < 4.78 is 26.3. The van der Waals surface area contributed by atoms with Crippen molar-refractivity contribution >= 4 is 16.6 Å². The van der Waals surface area contributed by atoms with Gasteiger partial charge in [-0.25, -0.2) is 8.78 Å². The number of halogens is 2. The fourth-order valence-corrected chi connectivity index (χ4v) is 2.78. The molecule has 114 valence electrons. The second-order valence-corrected chi connectivity index (χ2v) is 5.55. The Morgan fingerprint density at radius 2 is 1.55 bits per heavy atom. The van der Waals surface area contributed by atoms with Crippen LogP contribution in [0, 0.1) is 11.6 Å². The molecule has 0 fully saturated rings. The zero-order valence-corrected chi connectivity index (χ0v) is 12.2. The lowest BCUT2D eigenvalue weighted by Gasteiger charge is -2.05. The number of aromatic nitrogens is 1. The van der Waals surface area contributed by atoms with E-state index >= 15 is 0 Å².